The summed E-state index contributed by atoms with van der Waals surface area (Å²) in [6.07, 6.45) is 5.60. The summed E-state index contributed by atoms with van der Waals surface area (Å²) >= 11 is 0. The number of aromatic nitrogens is 8. The van der Waals surface area contributed by atoms with Gasteiger partial charge in [0.15, 0.2) is 11.6 Å². The smallest absolute Gasteiger partial charge is 0.227 e. The van der Waals surface area contributed by atoms with Gasteiger partial charge in [0.2, 0.25) is 5.95 Å². The Morgan fingerprint density at radius 1 is 1.00 bits per heavy atom. The highest BCUT2D eigenvalue weighted by Crippen LogP contribution is 2.26. The van der Waals surface area contributed by atoms with Gasteiger partial charge < -0.3 is 4.90 Å². The molecule has 4 aromatic rings. The number of anilines is 1. The van der Waals surface area contributed by atoms with E-state index >= 15 is 0 Å². The van der Waals surface area contributed by atoms with Crippen molar-refractivity contribution in [1.82, 2.24) is 40.0 Å². The molecule has 0 N–H and O–H groups in total. The van der Waals surface area contributed by atoms with Gasteiger partial charge in [-0.25, -0.2) is 0 Å². The van der Waals surface area contributed by atoms with Crippen molar-refractivity contribution in [2.75, 3.05) is 11.4 Å². The number of hydrogen-bond acceptors (Lipinski definition) is 8. The topological polar surface area (TPSA) is 114 Å². The first-order chi connectivity index (χ1) is 14.8. The Morgan fingerprint density at radius 3 is 2.73 bits per heavy atom. The van der Waals surface area contributed by atoms with E-state index in [0.717, 1.165) is 43.3 Å². The van der Waals surface area contributed by atoms with Gasteiger partial charge in [0, 0.05) is 31.0 Å². The molecule has 0 saturated heterocycles. The molecule has 1 aromatic carbocycles. The number of fused-ring (bicyclic) bond motifs is 1. The van der Waals surface area contributed by atoms with Gasteiger partial charge in [-0.15, -0.1) is 25.2 Å². The molecule has 0 amide bonds. The number of hydrogen-bond donors (Lipinski definition) is 0. The zero-order valence-corrected chi connectivity index (χ0v) is 16.1. The molecule has 30 heavy (non-hydrogen) atoms. The van der Waals surface area contributed by atoms with Crippen LogP contribution in [0.5, 0.6) is 0 Å². The Morgan fingerprint density at radius 2 is 1.87 bits per heavy atom. The second-order valence-electron chi connectivity index (χ2n) is 7.00. The Bertz CT molecular complexity index is 1200. The van der Waals surface area contributed by atoms with Gasteiger partial charge in [0.25, 0.3) is 0 Å². The highest BCUT2D eigenvalue weighted by atomic mass is 15.6. The number of rotatable bonds is 4. The zero-order valence-electron chi connectivity index (χ0n) is 16.1. The molecule has 0 fully saturated rings. The summed E-state index contributed by atoms with van der Waals surface area (Å²) in [6.45, 7) is 2.18. The first kappa shape index (κ1) is 17.9. The maximum atomic E-state index is 9.09. The number of nitriles is 1. The minimum absolute atomic E-state index is 0.479. The number of benzene rings is 1. The molecule has 0 spiro atoms. The van der Waals surface area contributed by atoms with Gasteiger partial charge in [0.1, 0.15) is 0 Å². The van der Waals surface area contributed by atoms with Gasteiger partial charge >= 0.3 is 0 Å². The summed E-state index contributed by atoms with van der Waals surface area (Å²) in [4.78, 5) is 7.67. The molecule has 0 atom stereocenters. The molecule has 10 heteroatoms. The van der Waals surface area contributed by atoms with Gasteiger partial charge in [-0.3, -0.25) is 9.55 Å². The van der Waals surface area contributed by atoms with Gasteiger partial charge in [-0.05, 0) is 48.4 Å². The Balaban J connectivity index is 1.42. The van der Waals surface area contributed by atoms with Crippen molar-refractivity contribution in [3.63, 3.8) is 0 Å². The van der Waals surface area contributed by atoms with Crippen molar-refractivity contribution < 1.29 is 0 Å². The van der Waals surface area contributed by atoms with Crippen molar-refractivity contribution in [3.8, 4) is 23.1 Å². The fourth-order valence-corrected chi connectivity index (χ4v) is 3.56. The van der Waals surface area contributed by atoms with Crippen molar-refractivity contribution >= 4 is 5.95 Å². The lowest BCUT2D eigenvalue weighted by molar-refractivity contribution is 0.651. The quantitative estimate of drug-likeness (QED) is 0.513. The molecule has 148 valence electrons. The van der Waals surface area contributed by atoms with Crippen molar-refractivity contribution in [2.45, 2.75) is 25.9 Å². The molecule has 1 aliphatic heterocycles. The predicted octanol–water partition coefficient (Wildman–Crippen LogP) is 1.99. The Hall–Kier alpha value is -4.13. The van der Waals surface area contributed by atoms with Crippen LogP contribution in [0.25, 0.3) is 17.1 Å². The standard InChI is InChI=1S/C20H18N10/c21-13-15-4-3-5-17(12-15)30-26-18(23-27-30)14-28-10-1-2-11-29-19(24-25-20(28)29)16-6-8-22-9-7-16/h3-9,12H,1-2,10-11,14H2. The van der Waals surface area contributed by atoms with Crippen LogP contribution in [0.3, 0.4) is 0 Å². The second kappa shape index (κ2) is 7.71. The van der Waals surface area contributed by atoms with Crippen LogP contribution in [0.2, 0.25) is 0 Å². The average molecular weight is 398 g/mol. The third-order valence-corrected chi connectivity index (χ3v) is 5.01. The summed E-state index contributed by atoms with van der Waals surface area (Å²) in [5, 5.41) is 30.8. The maximum absolute atomic E-state index is 9.09. The van der Waals surface area contributed by atoms with E-state index in [2.05, 4.69) is 46.1 Å². The lowest BCUT2D eigenvalue weighted by atomic mass is 10.2. The summed E-state index contributed by atoms with van der Waals surface area (Å²) < 4.78 is 2.14. The van der Waals surface area contributed by atoms with Gasteiger partial charge in [-0.1, -0.05) is 6.07 Å². The summed E-state index contributed by atoms with van der Waals surface area (Å²) in [5.74, 6) is 2.23. The zero-order chi connectivity index (χ0) is 20.3. The van der Waals surface area contributed by atoms with E-state index in [9.17, 15) is 0 Å². The van der Waals surface area contributed by atoms with Crippen LogP contribution in [0.15, 0.2) is 48.8 Å². The first-order valence-corrected chi connectivity index (χ1v) is 9.70. The van der Waals surface area contributed by atoms with E-state index in [0.29, 0.717) is 23.6 Å². The minimum Gasteiger partial charge on any atom is -0.333 e. The van der Waals surface area contributed by atoms with Crippen LogP contribution < -0.4 is 4.90 Å². The van der Waals surface area contributed by atoms with Crippen LogP contribution in [-0.4, -0.2) is 46.5 Å². The third-order valence-electron chi connectivity index (χ3n) is 5.01. The molecule has 0 radical (unpaired) electrons. The van der Waals surface area contributed by atoms with Crippen molar-refractivity contribution in [3.05, 3.63) is 60.2 Å². The summed E-state index contributed by atoms with van der Waals surface area (Å²) in [5.41, 5.74) is 2.24. The highest BCUT2D eigenvalue weighted by Gasteiger charge is 2.23. The summed E-state index contributed by atoms with van der Waals surface area (Å²) in [6, 6.07) is 13.1. The monoisotopic (exact) mass is 398 g/mol. The lowest BCUT2D eigenvalue weighted by Crippen LogP contribution is -2.26. The number of pyridine rings is 1. The molecule has 3 aromatic heterocycles. The molecular weight excluding hydrogens is 380 g/mol. The summed E-state index contributed by atoms with van der Waals surface area (Å²) in [7, 11) is 0. The molecular formula is C20H18N10. The molecule has 0 unspecified atom stereocenters. The van der Waals surface area contributed by atoms with Gasteiger partial charge in [0.05, 0.1) is 23.9 Å². The van der Waals surface area contributed by atoms with Crippen LogP contribution in [0.4, 0.5) is 5.95 Å². The molecule has 10 nitrogen and oxygen atoms in total. The van der Waals surface area contributed by atoms with E-state index in [1.165, 1.54) is 4.80 Å². The van der Waals surface area contributed by atoms with Crippen LogP contribution >= 0.6 is 0 Å². The van der Waals surface area contributed by atoms with Crippen LogP contribution in [-0.2, 0) is 13.1 Å². The first-order valence-electron chi connectivity index (χ1n) is 9.70. The van der Waals surface area contributed by atoms with Crippen molar-refractivity contribution in [2.24, 2.45) is 0 Å². The fourth-order valence-electron chi connectivity index (χ4n) is 3.56. The highest BCUT2D eigenvalue weighted by molar-refractivity contribution is 5.57. The minimum atomic E-state index is 0.479. The van der Waals surface area contributed by atoms with E-state index in [-0.39, 0.29) is 0 Å². The van der Waals surface area contributed by atoms with Crippen LogP contribution in [0, 0.1) is 11.3 Å². The van der Waals surface area contributed by atoms with E-state index in [1.54, 1.807) is 30.6 Å². The Labute approximate surface area is 172 Å². The van der Waals surface area contributed by atoms with E-state index in [1.807, 2.05) is 18.2 Å². The molecule has 4 heterocycles. The molecule has 0 bridgehead atoms. The number of nitrogens with zero attached hydrogens (tertiary/aromatic N) is 10. The van der Waals surface area contributed by atoms with Gasteiger partial charge in [-0.2, -0.15) is 5.26 Å². The maximum Gasteiger partial charge on any atom is 0.227 e. The molecule has 1 aliphatic rings. The molecule has 0 aliphatic carbocycles. The average Bonchev–Trinajstić information content (AvgIpc) is 3.39. The Kier molecular flexibility index (Phi) is 4.61. The van der Waals surface area contributed by atoms with E-state index in [4.69, 9.17) is 5.26 Å². The van der Waals surface area contributed by atoms with E-state index < -0.39 is 0 Å². The lowest BCUT2D eigenvalue weighted by Gasteiger charge is -2.19. The van der Waals surface area contributed by atoms with Crippen LogP contribution in [0.1, 0.15) is 24.2 Å². The van der Waals surface area contributed by atoms with Crippen molar-refractivity contribution in [1.29, 1.82) is 5.26 Å². The second-order valence-corrected chi connectivity index (χ2v) is 7.00. The largest absolute Gasteiger partial charge is 0.333 e. The predicted molar refractivity (Wildman–Crippen MR) is 107 cm³/mol. The number of tetrazole rings is 1. The third kappa shape index (κ3) is 3.37. The SMILES string of the molecule is N#Cc1cccc(-n2nnc(CN3CCCCn4c(-c5ccncc5)nnc43)n2)c1. The normalized spacial score (nSPS) is 13.5. The molecule has 0 saturated carbocycles. The fraction of sp³-hybridized carbons (Fsp3) is 0.250. The molecule has 5 rings (SSSR count).